The number of amides is 1. The second kappa shape index (κ2) is 8.46. The summed E-state index contributed by atoms with van der Waals surface area (Å²) in [5.74, 6) is -1.09. The van der Waals surface area contributed by atoms with E-state index in [4.69, 9.17) is 32.5 Å². The van der Waals surface area contributed by atoms with E-state index in [1.165, 1.54) is 6.07 Å². The number of hydrogen-bond donors (Lipinski definition) is 1. The molecule has 2 bridgehead atoms. The molecule has 5 rings (SSSR count). The molecule has 1 heterocycles. The SMILES string of the molecule is CC12CCC(C(=O)Nc3cc(Cl)ccc3Cl)(CC1=NOC(=O)c1cc3ccccc3oc1=O)C2(C)C. The highest BCUT2D eigenvalue weighted by molar-refractivity contribution is 6.35. The van der Waals surface area contributed by atoms with Crippen molar-refractivity contribution in [1.29, 1.82) is 0 Å². The number of oxime groups is 1. The predicted octanol–water partition coefficient (Wildman–Crippen LogP) is 6.47. The van der Waals surface area contributed by atoms with Crippen molar-refractivity contribution in [3.63, 3.8) is 0 Å². The molecule has 0 saturated heterocycles. The summed E-state index contributed by atoms with van der Waals surface area (Å²) >= 11 is 12.4. The molecule has 2 aromatic carbocycles. The highest BCUT2D eigenvalue weighted by atomic mass is 35.5. The van der Waals surface area contributed by atoms with Crippen LogP contribution < -0.4 is 10.9 Å². The summed E-state index contributed by atoms with van der Waals surface area (Å²) in [7, 11) is 0. The van der Waals surface area contributed by atoms with Crippen LogP contribution in [0.1, 0.15) is 50.4 Å². The minimum Gasteiger partial charge on any atom is -0.422 e. The number of nitrogens with zero attached hydrogens (tertiary/aromatic N) is 1. The van der Waals surface area contributed by atoms with Gasteiger partial charge >= 0.3 is 11.6 Å². The van der Waals surface area contributed by atoms with E-state index < -0.39 is 27.8 Å². The van der Waals surface area contributed by atoms with Crippen LogP contribution in [0.15, 0.2) is 62.9 Å². The summed E-state index contributed by atoms with van der Waals surface area (Å²) in [6.45, 7) is 6.08. The number of fused-ring (bicyclic) bond motifs is 3. The first-order valence-electron chi connectivity index (χ1n) is 11.6. The van der Waals surface area contributed by atoms with Crippen LogP contribution >= 0.6 is 23.2 Å². The largest absolute Gasteiger partial charge is 0.422 e. The number of nitrogens with one attached hydrogen (secondary N) is 1. The molecule has 0 radical (unpaired) electrons. The first-order valence-corrected chi connectivity index (χ1v) is 12.3. The zero-order valence-corrected chi connectivity index (χ0v) is 21.5. The number of para-hydroxylation sites is 1. The number of halogens is 2. The second-order valence-electron chi connectivity index (χ2n) is 10.2. The zero-order valence-electron chi connectivity index (χ0n) is 20.0. The molecule has 2 saturated carbocycles. The molecule has 1 amide bonds. The molecule has 7 nitrogen and oxygen atoms in total. The fraction of sp³-hybridized carbons (Fsp3) is 0.333. The van der Waals surface area contributed by atoms with E-state index in [2.05, 4.69) is 10.5 Å². The lowest BCUT2D eigenvalue weighted by atomic mass is 9.64. The highest BCUT2D eigenvalue weighted by Crippen LogP contribution is 2.71. The van der Waals surface area contributed by atoms with Gasteiger partial charge in [-0.2, -0.15) is 0 Å². The summed E-state index contributed by atoms with van der Waals surface area (Å²) in [5.41, 5.74) is -1.40. The van der Waals surface area contributed by atoms with Gasteiger partial charge in [-0.1, -0.05) is 67.3 Å². The van der Waals surface area contributed by atoms with Crippen molar-refractivity contribution in [3.8, 4) is 0 Å². The van der Waals surface area contributed by atoms with Crippen LogP contribution in [0, 0.1) is 16.2 Å². The molecule has 9 heteroatoms. The van der Waals surface area contributed by atoms with E-state index in [0.717, 1.165) is 0 Å². The molecule has 3 aromatic rings. The smallest absolute Gasteiger partial charge is 0.373 e. The first kappa shape index (κ1) is 24.5. The molecule has 1 aromatic heterocycles. The topological polar surface area (TPSA) is 98.0 Å². The minimum atomic E-state index is -0.907. The maximum Gasteiger partial charge on any atom is 0.373 e. The maximum absolute atomic E-state index is 13.7. The maximum atomic E-state index is 13.7. The average Bonchev–Trinajstić information content (AvgIpc) is 3.15. The number of carbonyl (C=O) groups excluding carboxylic acids is 2. The molecule has 2 atom stereocenters. The Hall–Kier alpha value is -3.16. The molecule has 0 spiro atoms. The van der Waals surface area contributed by atoms with Gasteiger partial charge in [0.15, 0.2) is 0 Å². The van der Waals surface area contributed by atoms with Gasteiger partial charge in [0.2, 0.25) is 5.91 Å². The second-order valence-corrected chi connectivity index (χ2v) is 11.0. The van der Waals surface area contributed by atoms with Crippen LogP contribution in [0.2, 0.25) is 10.0 Å². The van der Waals surface area contributed by atoms with Crippen LogP contribution in [0.5, 0.6) is 0 Å². The van der Waals surface area contributed by atoms with Gasteiger partial charge in [0.05, 0.1) is 21.8 Å². The monoisotopic (exact) mass is 526 g/mol. The Morgan fingerprint density at radius 2 is 1.81 bits per heavy atom. The fourth-order valence-electron chi connectivity index (χ4n) is 5.71. The van der Waals surface area contributed by atoms with Crippen LogP contribution in [0.25, 0.3) is 11.0 Å². The Kier molecular flexibility index (Phi) is 5.76. The summed E-state index contributed by atoms with van der Waals surface area (Å²) in [4.78, 5) is 44.0. The Labute approximate surface area is 217 Å². The van der Waals surface area contributed by atoms with Crippen LogP contribution in [0.4, 0.5) is 5.69 Å². The minimum absolute atomic E-state index is 0.188. The van der Waals surface area contributed by atoms with Gasteiger partial charge in [-0.05, 0) is 48.6 Å². The zero-order chi connectivity index (χ0) is 25.9. The molecule has 36 heavy (non-hydrogen) atoms. The number of hydrogen-bond acceptors (Lipinski definition) is 6. The standard InChI is InChI=1S/C27H24Cl2N2O5/c1-25(2)26(3)10-11-27(25,24(34)30-19-13-16(28)8-9-18(19)29)14-21(26)31-36-23(33)17-12-15-6-4-5-7-20(15)35-22(17)32/h4-9,12-13H,10-11,14H2,1-3H3,(H,30,34). The third kappa shape index (κ3) is 3.56. The molecule has 1 N–H and O–H groups in total. The summed E-state index contributed by atoms with van der Waals surface area (Å²) in [6, 6.07) is 13.2. The lowest BCUT2D eigenvalue weighted by Crippen LogP contribution is -2.43. The molecular formula is C27H24Cl2N2O5. The Bertz CT molecular complexity index is 1510. The quantitative estimate of drug-likeness (QED) is 0.238. The molecule has 0 aliphatic heterocycles. The van der Waals surface area contributed by atoms with Crippen molar-refractivity contribution in [2.45, 2.75) is 40.0 Å². The molecule has 186 valence electrons. The Morgan fingerprint density at radius 3 is 2.58 bits per heavy atom. The summed E-state index contributed by atoms with van der Waals surface area (Å²) in [6.07, 6.45) is 1.63. The van der Waals surface area contributed by atoms with Gasteiger partial charge in [-0.15, -0.1) is 0 Å². The Balaban J connectivity index is 1.43. The van der Waals surface area contributed by atoms with Crippen LogP contribution in [-0.2, 0) is 9.63 Å². The van der Waals surface area contributed by atoms with Gasteiger partial charge in [0, 0.05) is 22.2 Å². The molecule has 2 fully saturated rings. The van der Waals surface area contributed by atoms with Crippen LogP contribution in [0.3, 0.4) is 0 Å². The van der Waals surface area contributed by atoms with Crippen molar-refractivity contribution in [3.05, 3.63) is 74.6 Å². The third-order valence-electron chi connectivity index (χ3n) is 8.45. The first-order chi connectivity index (χ1) is 17.0. The fourth-order valence-corrected chi connectivity index (χ4v) is 6.04. The van der Waals surface area contributed by atoms with Crippen molar-refractivity contribution < 1.29 is 18.8 Å². The van der Waals surface area contributed by atoms with Crippen molar-refractivity contribution in [1.82, 2.24) is 0 Å². The predicted molar refractivity (Wildman–Crippen MR) is 139 cm³/mol. The van der Waals surface area contributed by atoms with E-state index in [0.29, 0.717) is 51.7 Å². The van der Waals surface area contributed by atoms with Crippen LogP contribution in [-0.4, -0.2) is 17.6 Å². The van der Waals surface area contributed by atoms with Gasteiger partial charge in [-0.3, -0.25) is 4.79 Å². The van der Waals surface area contributed by atoms with Gasteiger partial charge in [0.25, 0.3) is 0 Å². The number of anilines is 1. The van der Waals surface area contributed by atoms with Crippen molar-refractivity contribution in [2.24, 2.45) is 21.4 Å². The lowest BCUT2D eigenvalue weighted by molar-refractivity contribution is -0.130. The van der Waals surface area contributed by atoms with E-state index in [1.54, 1.807) is 42.5 Å². The molecule has 2 unspecified atom stereocenters. The highest BCUT2D eigenvalue weighted by Gasteiger charge is 2.71. The van der Waals surface area contributed by atoms with E-state index in [-0.39, 0.29) is 11.5 Å². The number of benzene rings is 2. The van der Waals surface area contributed by atoms with Crippen molar-refractivity contribution in [2.75, 3.05) is 5.32 Å². The third-order valence-corrected chi connectivity index (χ3v) is 9.01. The van der Waals surface area contributed by atoms with Crippen molar-refractivity contribution >= 4 is 57.4 Å². The lowest BCUT2D eigenvalue weighted by Gasteiger charge is -2.39. The van der Waals surface area contributed by atoms with Gasteiger partial charge < -0.3 is 14.6 Å². The molecular weight excluding hydrogens is 503 g/mol. The number of carbonyl (C=O) groups is 2. The molecule has 2 aliphatic carbocycles. The van der Waals surface area contributed by atoms with Gasteiger partial charge in [0.1, 0.15) is 11.1 Å². The van der Waals surface area contributed by atoms with E-state index >= 15 is 0 Å². The van der Waals surface area contributed by atoms with Gasteiger partial charge in [-0.25, -0.2) is 9.59 Å². The summed E-state index contributed by atoms with van der Waals surface area (Å²) in [5, 5.41) is 8.59. The normalized spacial score (nSPS) is 25.3. The van der Waals surface area contributed by atoms with E-state index in [9.17, 15) is 14.4 Å². The Morgan fingerprint density at radius 1 is 1.06 bits per heavy atom. The number of rotatable bonds is 4. The average molecular weight is 527 g/mol. The summed E-state index contributed by atoms with van der Waals surface area (Å²) < 4.78 is 5.23. The van der Waals surface area contributed by atoms with E-state index in [1.807, 2.05) is 20.8 Å². The molecule has 2 aliphatic rings.